The van der Waals surface area contributed by atoms with E-state index in [4.69, 9.17) is 55.6 Å². The Kier molecular flexibility index (Phi) is 12.5. The van der Waals surface area contributed by atoms with Crippen LogP contribution in [0.1, 0.15) is 76.1 Å². The molecular formula is C50H54Cl2F2N12O5. The number of aryl methyl sites for hydroxylation is 2. The average molecular weight is 1010 g/mol. The minimum Gasteiger partial charge on any atom is -0.396 e. The molecular weight excluding hydrogens is 958 g/mol. The fourth-order valence-corrected chi connectivity index (χ4v) is 11.6. The van der Waals surface area contributed by atoms with Crippen LogP contribution in [0.4, 0.5) is 32.1 Å². The fraction of sp³-hybridized carbons (Fsp3) is 0.400. The number of hydrogen-bond acceptors (Lipinski definition) is 15. The van der Waals surface area contributed by atoms with Crippen LogP contribution in [0.15, 0.2) is 73.6 Å². The van der Waals surface area contributed by atoms with Crippen LogP contribution in [-0.4, -0.2) is 91.2 Å². The highest BCUT2D eigenvalue weighted by Crippen LogP contribution is 2.57. The number of hydrogen-bond donors (Lipinski definition) is 7. The summed E-state index contributed by atoms with van der Waals surface area (Å²) in [4.78, 5) is 25.4. The van der Waals surface area contributed by atoms with E-state index < -0.39 is 35.3 Å². The number of benzene rings is 2. The highest BCUT2D eigenvalue weighted by atomic mass is 35.5. The van der Waals surface area contributed by atoms with Crippen molar-refractivity contribution in [2.24, 2.45) is 10.8 Å². The topological polar surface area (TPSA) is 270 Å². The highest BCUT2D eigenvalue weighted by molar-refractivity contribution is 6.33. The number of halogens is 4. The molecule has 0 amide bonds. The zero-order valence-corrected chi connectivity index (χ0v) is 40.6. The van der Waals surface area contributed by atoms with Crippen molar-refractivity contribution < 1.29 is 33.6 Å². The first-order valence-electron chi connectivity index (χ1n) is 23.4. The summed E-state index contributed by atoms with van der Waals surface area (Å²) >= 11 is 12.0. The Morgan fingerprint density at radius 2 is 1.17 bits per heavy atom. The van der Waals surface area contributed by atoms with E-state index in [0.29, 0.717) is 63.9 Å². The molecule has 0 spiro atoms. The van der Waals surface area contributed by atoms with Gasteiger partial charge in [-0.3, -0.25) is 0 Å². The van der Waals surface area contributed by atoms with Gasteiger partial charge < -0.3 is 56.9 Å². The van der Waals surface area contributed by atoms with E-state index in [1.807, 2.05) is 32.2 Å². The van der Waals surface area contributed by atoms with Crippen molar-refractivity contribution in [3.05, 3.63) is 106 Å². The standard InChI is InChI=1S/C27H30ClFN6O2.C23H24ClFN6O3/c1-4-27(7-5-14-9-18(29)16-11-17(28)24(31)34-19(16)10-14)12-20(21-22(27)37-26(2,3)36-21)35-8-6-15-23(30)32-13-33-25(15)35;24-14-7-13-15(25)5-11(6-16(13)30-21(14)27)1-3-23(9-32)8-17(18(33)19(23)34)31-4-2-12-20(26)28-10-29-22(12)31/h6,8-11,13,20-22H,4-5,7,12H2,1-3H3,(H2,31,34)(H2,30,32,33);2,4-7,10,17-19,32-34H,1,3,8-9H2,(H2,27,30)(H2,26,28,29)/t20-,21+,22+,27+;17-,18+,19+,23+/m11/s1. The molecule has 17 nitrogen and oxygen atoms in total. The molecule has 8 atom stereocenters. The molecule has 7 heterocycles. The minimum atomic E-state index is -1.20. The first-order valence-corrected chi connectivity index (χ1v) is 24.2. The van der Waals surface area contributed by atoms with Gasteiger partial charge in [0.05, 0.1) is 62.7 Å². The van der Waals surface area contributed by atoms with E-state index in [2.05, 4.69) is 41.4 Å². The van der Waals surface area contributed by atoms with Gasteiger partial charge in [-0.15, -0.1) is 0 Å². The molecule has 1 saturated heterocycles. The number of aliphatic hydroxyl groups is 3. The number of aliphatic hydroxyl groups excluding tert-OH is 3. The number of pyridine rings is 2. The summed E-state index contributed by atoms with van der Waals surface area (Å²) in [5.41, 5.74) is 26.2. The van der Waals surface area contributed by atoms with Crippen molar-refractivity contribution in [3.8, 4) is 0 Å². The summed E-state index contributed by atoms with van der Waals surface area (Å²) in [5, 5.41) is 34.7. The van der Waals surface area contributed by atoms with Crippen molar-refractivity contribution in [3.63, 3.8) is 0 Å². The van der Waals surface area contributed by atoms with E-state index in [9.17, 15) is 24.1 Å². The summed E-state index contributed by atoms with van der Waals surface area (Å²) < 4.78 is 46.6. The van der Waals surface area contributed by atoms with Gasteiger partial charge in [-0.25, -0.2) is 38.7 Å². The van der Waals surface area contributed by atoms with Crippen LogP contribution >= 0.6 is 23.2 Å². The Balaban J connectivity index is 0.000000165. The van der Waals surface area contributed by atoms with Gasteiger partial charge in [-0.1, -0.05) is 30.1 Å². The van der Waals surface area contributed by atoms with Crippen molar-refractivity contribution in [2.45, 2.75) is 108 Å². The normalized spacial score (nSPS) is 25.9. The molecule has 0 unspecified atom stereocenters. The fourth-order valence-electron chi connectivity index (χ4n) is 11.3. The zero-order valence-electron chi connectivity index (χ0n) is 39.1. The van der Waals surface area contributed by atoms with E-state index in [0.717, 1.165) is 35.9 Å². The molecule has 11 rings (SSSR count). The van der Waals surface area contributed by atoms with Crippen LogP contribution in [-0.2, 0) is 22.3 Å². The van der Waals surface area contributed by atoms with Gasteiger partial charge in [0, 0.05) is 34.0 Å². The SMILES string of the molecule is CC[C@]1(CCc2cc(F)c3cc(Cl)c(N)nc3c2)C[C@@H](n2ccc3c(N)ncnc32)[C@@H]2OC(C)(C)O[C@@H]21.Nc1nc2cc(CC[C@@]3(CO)C[C@@H](n4ccc5c(N)ncnc54)[C@H](O)[C@@H]3O)cc(F)c2cc1Cl. The predicted molar refractivity (Wildman–Crippen MR) is 268 cm³/mol. The van der Waals surface area contributed by atoms with Gasteiger partial charge in [0.2, 0.25) is 0 Å². The molecule has 21 heteroatoms. The predicted octanol–water partition coefficient (Wildman–Crippen LogP) is 7.65. The maximum atomic E-state index is 15.0. The lowest BCUT2D eigenvalue weighted by atomic mass is 9.76. The summed E-state index contributed by atoms with van der Waals surface area (Å²) in [7, 11) is 0. The van der Waals surface area contributed by atoms with Crippen LogP contribution in [0, 0.1) is 22.5 Å². The second kappa shape index (κ2) is 18.2. The quantitative estimate of drug-likeness (QED) is 0.0693. The largest absolute Gasteiger partial charge is 0.396 e. The number of rotatable bonds is 10. The number of aromatic nitrogens is 8. The molecule has 0 radical (unpaired) electrons. The smallest absolute Gasteiger partial charge is 0.163 e. The molecule has 8 aromatic rings. The van der Waals surface area contributed by atoms with Gasteiger partial charge in [0.15, 0.2) is 5.79 Å². The molecule has 2 aliphatic carbocycles. The Bertz CT molecular complexity index is 3360. The lowest BCUT2D eigenvalue weighted by Gasteiger charge is -2.34. The Morgan fingerprint density at radius 1 is 0.676 bits per heavy atom. The molecule has 2 saturated carbocycles. The van der Waals surface area contributed by atoms with Crippen molar-refractivity contribution in [1.29, 1.82) is 0 Å². The summed E-state index contributed by atoms with van der Waals surface area (Å²) in [5.74, 6) is -0.469. The van der Waals surface area contributed by atoms with Gasteiger partial charge in [0.25, 0.3) is 0 Å². The van der Waals surface area contributed by atoms with Gasteiger partial charge in [-0.2, -0.15) is 0 Å². The second-order valence-corrected chi connectivity index (χ2v) is 20.5. The Morgan fingerprint density at radius 3 is 1.68 bits per heavy atom. The molecule has 1 aliphatic heterocycles. The third-order valence-corrected chi connectivity index (χ3v) is 15.8. The van der Waals surface area contributed by atoms with Crippen LogP contribution in [0.2, 0.25) is 10.0 Å². The van der Waals surface area contributed by atoms with Crippen LogP contribution in [0.3, 0.4) is 0 Å². The second-order valence-electron chi connectivity index (χ2n) is 19.7. The number of fused-ring (bicyclic) bond motifs is 5. The molecule has 0 bridgehead atoms. The van der Waals surface area contributed by atoms with E-state index >= 15 is 0 Å². The number of nitrogens with two attached hydrogens (primary N) is 4. The summed E-state index contributed by atoms with van der Waals surface area (Å²) in [6.45, 7) is 5.75. The monoisotopic (exact) mass is 1010 g/mol. The zero-order chi connectivity index (χ0) is 50.3. The molecule has 71 heavy (non-hydrogen) atoms. The van der Waals surface area contributed by atoms with Crippen LogP contribution in [0.5, 0.6) is 0 Å². The number of nitrogens with zero attached hydrogens (tertiary/aromatic N) is 8. The van der Waals surface area contributed by atoms with E-state index in [1.54, 1.807) is 29.0 Å². The number of anilines is 4. The summed E-state index contributed by atoms with van der Waals surface area (Å²) in [6.07, 6.45) is 8.09. The molecule has 3 fully saturated rings. The number of ether oxygens (including phenoxy) is 2. The summed E-state index contributed by atoms with van der Waals surface area (Å²) in [6, 6.07) is 12.7. The van der Waals surface area contributed by atoms with Crippen molar-refractivity contribution in [2.75, 3.05) is 29.5 Å². The third-order valence-electron chi connectivity index (χ3n) is 15.2. The van der Waals surface area contributed by atoms with Gasteiger partial charge in [0.1, 0.15) is 71.1 Å². The van der Waals surface area contributed by atoms with E-state index in [1.165, 1.54) is 30.9 Å². The van der Waals surface area contributed by atoms with Crippen molar-refractivity contribution >= 4 is 90.3 Å². The molecule has 11 N–H and O–H groups in total. The molecule has 3 aliphatic rings. The number of nitrogen functional groups attached to an aromatic ring is 4. The van der Waals surface area contributed by atoms with Crippen LogP contribution < -0.4 is 22.9 Å². The van der Waals surface area contributed by atoms with Crippen LogP contribution in [0.25, 0.3) is 43.9 Å². The molecule has 2 aromatic carbocycles. The molecule has 6 aromatic heterocycles. The lowest BCUT2D eigenvalue weighted by molar-refractivity contribution is -0.170. The third kappa shape index (κ3) is 8.49. The Hall–Kier alpha value is -6.06. The van der Waals surface area contributed by atoms with Crippen molar-refractivity contribution in [1.82, 2.24) is 39.0 Å². The highest BCUT2D eigenvalue weighted by Gasteiger charge is 2.61. The minimum absolute atomic E-state index is 0.00970. The first-order chi connectivity index (χ1) is 33.8. The Labute approximate surface area is 416 Å². The maximum absolute atomic E-state index is 15.0. The van der Waals surface area contributed by atoms with Gasteiger partial charge >= 0.3 is 0 Å². The molecule has 372 valence electrons. The maximum Gasteiger partial charge on any atom is 0.163 e. The lowest BCUT2D eigenvalue weighted by Crippen LogP contribution is -2.39. The van der Waals surface area contributed by atoms with E-state index in [-0.39, 0.29) is 69.6 Å². The first kappa shape index (κ1) is 48.6. The van der Waals surface area contributed by atoms with Gasteiger partial charge in [-0.05, 0) is 118 Å². The average Bonchev–Trinajstić information content (AvgIpc) is 4.15.